The van der Waals surface area contributed by atoms with E-state index in [0.29, 0.717) is 5.56 Å². The van der Waals surface area contributed by atoms with Gasteiger partial charge in [0.25, 0.3) is 5.91 Å². The monoisotopic (exact) mass is 264 g/mol. The largest absolute Gasteiger partial charge is 0.370 e. The lowest BCUT2D eigenvalue weighted by atomic mass is 10.1. The predicted octanol–water partition coefficient (Wildman–Crippen LogP) is 2.06. The molecular weight excluding hydrogens is 240 g/mol. The lowest BCUT2D eigenvalue weighted by Gasteiger charge is -2.14. The van der Waals surface area contributed by atoms with Crippen molar-refractivity contribution in [1.82, 2.24) is 15.4 Å². The van der Waals surface area contributed by atoms with Gasteiger partial charge in [-0.1, -0.05) is 20.3 Å². The van der Waals surface area contributed by atoms with Gasteiger partial charge in [-0.15, -0.1) is 0 Å². The van der Waals surface area contributed by atoms with Gasteiger partial charge in [0.1, 0.15) is 5.82 Å². The highest BCUT2D eigenvalue weighted by molar-refractivity contribution is 5.94. The van der Waals surface area contributed by atoms with Crippen molar-refractivity contribution >= 4 is 11.7 Å². The highest BCUT2D eigenvalue weighted by Crippen LogP contribution is 2.12. The fraction of sp³-hybridized carbons (Fsp3) is 0.571. The first-order valence-electron chi connectivity index (χ1n) is 6.80. The molecule has 1 amide bonds. The van der Waals surface area contributed by atoms with Crippen LogP contribution in [0.5, 0.6) is 0 Å². The maximum Gasteiger partial charge on any atom is 0.265 e. The second kappa shape index (κ2) is 7.74. The van der Waals surface area contributed by atoms with Gasteiger partial charge < -0.3 is 5.32 Å². The molecule has 0 saturated heterocycles. The molecule has 0 radical (unpaired) electrons. The van der Waals surface area contributed by atoms with Crippen LogP contribution in [0.3, 0.4) is 0 Å². The zero-order valence-electron chi connectivity index (χ0n) is 12.3. The summed E-state index contributed by atoms with van der Waals surface area (Å²) >= 11 is 0. The Morgan fingerprint density at radius 2 is 2.00 bits per heavy atom. The first-order valence-corrected chi connectivity index (χ1v) is 6.80. The van der Waals surface area contributed by atoms with E-state index in [2.05, 4.69) is 29.6 Å². The van der Waals surface area contributed by atoms with Crippen molar-refractivity contribution in [1.29, 1.82) is 0 Å². The molecule has 0 aliphatic carbocycles. The molecule has 0 unspecified atom stereocenters. The van der Waals surface area contributed by atoms with Crippen molar-refractivity contribution in [2.45, 2.75) is 33.1 Å². The highest BCUT2D eigenvalue weighted by Gasteiger charge is 2.10. The summed E-state index contributed by atoms with van der Waals surface area (Å²) in [4.78, 5) is 16.5. The van der Waals surface area contributed by atoms with Crippen LogP contribution in [-0.2, 0) is 6.42 Å². The number of aryl methyl sites for hydroxylation is 1. The molecule has 0 fully saturated rings. The normalized spacial score (nSPS) is 10.6. The van der Waals surface area contributed by atoms with Gasteiger partial charge in [0.2, 0.25) is 0 Å². The smallest absolute Gasteiger partial charge is 0.265 e. The number of nitrogens with zero attached hydrogens (tertiary/aromatic N) is 2. The van der Waals surface area contributed by atoms with E-state index < -0.39 is 0 Å². The van der Waals surface area contributed by atoms with Crippen molar-refractivity contribution in [3.8, 4) is 0 Å². The average Bonchev–Trinajstić information content (AvgIpc) is 2.35. The number of hydrogen-bond donors (Lipinski definition) is 2. The van der Waals surface area contributed by atoms with E-state index in [0.717, 1.165) is 37.3 Å². The van der Waals surface area contributed by atoms with E-state index in [1.165, 1.54) is 0 Å². The Bertz CT molecular complexity index is 418. The van der Waals surface area contributed by atoms with Gasteiger partial charge in [0.15, 0.2) is 0 Å². The Balaban J connectivity index is 2.94. The van der Waals surface area contributed by atoms with Gasteiger partial charge in [-0.25, -0.2) is 9.99 Å². The van der Waals surface area contributed by atoms with Crippen LogP contribution in [0.2, 0.25) is 0 Å². The molecule has 0 saturated carbocycles. The maximum atomic E-state index is 12.0. The summed E-state index contributed by atoms with van der Waals surface area (Å²) in [6, 6.07) is 3.66. The second-order valence-electron chi connectivity index (χ2n) is 4.74. The number of carbonyl (C=O) groups is 1. The molecular formula is C14H24N4O. The van der Waals surface area contributed by atoms with Crippen LogP contribution in [0.15, 0.2) is 12.1 Å². The molecule has 106 valence electrons. The van der Waals surface area contributed by atoms with E-state index in [4.69, 9.17) is 0 Å². The minimum Gasteiger partial charge on any atom is -0.370 e. The van der Waals surface area contributed by atoms with Crippen LogP contribution < -0.4 is 10.7 Å². The zero-order chi connectivity index (χ0) is 14.3. The van der Waals surface area contributed by atoms with E-state index in [1.54, 1.807) is 25.2 Å². The zero-order valence-corrected chi connectivity index (χ0v) is 12.3. The summed E-state index contributed by atoms with van der Waals surface area (Å²) < 4.78 is 0. The fourth-order valence-corrected chi connectivity index (χ4v) is 1.71. The minimum atomic E-state index is -0.107. The molecule has 1 rings (SSSR count). The first kappa shape index (κ1) is 15.4. The van der Waals surface area contributed by atoms with E-state index >= 15 is 0 Å². The number of amides is 1. The van der Waals surface area contributed by atoms with Crippen molar-refractivity contribution in [2.24, 2.45) is 0 Å². The molecule has 1 aromatic rings. The molecule has 1 aromatic heterocycles. The number of pyridine rings is 1. The number of rotatable bonds is 7. The molecule has 2 N–H and O–H groups in total. The molecule has 0 aliphatic rings. The van der Waals surface area contributed by atoms with Crippen LogP contribution in [0.1, 0.15) is 42.7 Å². The number of aromatic nitrogens is 1. The molecule has 0 aromatic carbocycles. The third-order valence-electron chi connectivity index (χ3n) is 2.53. The summed E-state index contributed by atoms with van der Waals surface area (Å²) in [5.41, 5.74) is 4.35. The van der Waals surface area contributed by atoms with Crippen LogP contribution in [0.25, 0.3) is 0 Å². The third-order valence-corrected chi connectivity index (χ3v) is 2.53. The molecule has 19 heavy (non-hydrogen) atoms. The fourth-order valence-electron chi connectivity index (χ4n) is 1.71. The van der Waals surface area contributed by atoms with E-state index in [9.17, 15) is 4.79 Å². The summed E-state index contributed by atoms with van der Waals surface area (Å²) in [6.45, 7) is 5.06. The Kier molecular flexibility index (Phi) is 6.29. The summed E-state index contributed by atoms with van der Waals surface area (Å²) in [5, 5.41) is 4.88. The molecule has 1 heterocycles. The maximum absolute atomic E-state index is 12.0. The number of hydrazine groups is 1. The standard InChI is InChI=1S/C14H24N4O/c1-5-7-12-9-11(14(19)17-18(3)4)10-13(16-12)15-8-6-2/h9-10H,5-8H2,1-4H3,(H,15,16)(H,17,19). The Hall–Kier alpha value is -1.62. The Labute approximate surface area is 115 Å². The molecule has 5 heteroatoms. The predicted molar refractivity (Wildman–Crippen MR) is 78.2 cm³/mol. The lowest BCUT2D eigenvalue weighted by Crippen LogP contribution is -2.36. The highest BCUT2D eigenvalue weighted by atomic mass is 16.2. The van der Waals surface area contributed by atoms with Crippen LogP contribution >= 0.6 is 0 Å². The Morgan fingerprint density at radius 3 is 2.58 bits per heavy atom. The quantitative estimate of drug-likeness (QED) is 0.740. The lowest BCUT2D eigenvalue weighted by molar-refractivity contribution is 0.0856. The summed E-state index contributed by atoms with van der Waals surface area (Å²) in [6.07, 6.45) is 2.92. The molecule has 0 spiro atoms. The van der Waals surface area contributed by atoms with Crippen LogP contribution in [0, 0.1) is 0 Å². The minimum absolute atomic E-state index is 0.107. The molecule has 5 nitrogen and oxygen atoms in total. The van der Waals surface area contributed by atoms with Crippen molar-refractivity contribution < 1.29 is 4.79 Å². The third kappa shape index (κ3) is 5.26. The van der Waals surface area contributed by atoms with Crippen LogP contribution in [-0.4, -0.2) is 36.5 Å². The molecule has 0 aliphatic heterocycles. The summed E-state index contributed by atoms with van der Waals surface area (Å²) in [5.74, 6) is 0.668. The van der Waals surface area contributed by atoms with Gasteiger partial charge in [-0.3, -0.25) is 10.2 Å². The molecule has 0 bridgehead atoms. The van der Waals surface area contributed by atoms with E-state index in [1.807, 2.05) is 6.07 Å². The van der Waals surface area contributed by atoms with Crippen LogP contribution in [0.4, 0.5) is 5.82 Å². The van der Waals surface area contributed by atoms with Gasteiger partial charge in [-0.2, -0.15) is 0 Å². The second-order valence-corrected chi connectivity index (χ2v) is 4.74. The number of anilines is 1. The van der Waals surface area contributed by atoms with Gasteiger partial charge in [0, 0.05) is 31.9 Å². The van der Waals surface area contributed by atoms with Crippen molar-refractivity contribution in [3.05, 3.63) is 23.4 Å². The van der Waals surface area contributed by atoms with Gasteiger partial charge in [-0.05, 0) is 25.0 Å². The molecule has 0 atom stereocenters. The van der Waals surface area contributed by atoms with E-state index in [-0.39, 0.29) is 5.91 Å². The topological polar surface area (TPSA) is 57.3 Å². The number of carbonyl (C=O) groups excluding carboxylic acids is 1. The van der Waals surface area contributed by atoms with Gasteiger partial charge in [0.05, 0.1) is 0 Å². The number of hydrogen-bond acceptors (Lipinski definition) is 4. The van der Waals surface area contributed by atoms with Crippen molar-refractivity contribution in [2.75, 3.05) is 26.0 Å². The van der Waals surface area contributed by atoms with Crippen molar-refractivity contribution in [3.63, 3.8) is 0 Å². The average molecular weight is 264 g/mol. The Morgan fingerprint density at radius 1 is 1.26 bits per heavy atom. The first-order chi connectivity index (χ1) is 9.06. The summed E-state index contributed by atoms with van der Waals surface area (Å²) in [7, 11) is 3.59. The SMILES string of the molecule is CCCNc1cc(C(=O)NN(C)C)cc(CCC)n1. The number of nitrogens with one attached hydrogen (secondary N) is 2. The van der Waals surface area contributed by atoms with Gasteiger partial charge >= 0.3 is 0 Å².